The van der Waals surface area contributed by atoms with E-state index in [0.29, 0.717) is 13.2 Å². The van der Waals surface area contributed by atoms with Gasteiger partial charge in [0, 0.05) is 13.2 Å². The molecule has 102 valence electrons. The van der Waals surface area contributed by atoms with Gasteiger partial charge in [-0.2, -0.15) is 0 Å². The maximum absolute atomic E-state index is 11.2. The number of carbonyl (C=O) groups excluding carboxylic acids is 1. The van der Waals surface area contributed by atoms with Gasteiger partial charge in [-0.05, 0) is 25.7 Å². The maximum atomic E-state index is 11.2. The summed E-state index contributed by atoms with van der Waals surface area (Å²) in [4.78, 5) is 11.2. The molecule has 2 N–H and O–H groups in total. The summed E-state index contributed by atoms with van der Waals surface area (Å²) in [5.74, 6) is 0. The molecule has 1 aliphatic rings. The number of urea groups is 1. The summed E-state index contributed by atoms with van der Waals surface area (Å²) in [7, 11) is 0. The first-order valence-corrected chi connectivity index (χ1v) is 6.30. The van der Waals surface area contributed by atoms with Crippen molar-refractivity contribution in [1.82, 2.24) is 10.6 Å². The van der Waals surface area contributed by atoms with Crippen molar-refractivity contribution < 1.29 is 14.3 Å². The average molecular weight is 254 g/mol. The van der Waals surface area contributed by atoms with E-state index in [2.05, 4.69) is 23.8 Å². The number of ether oxygens (including phenoxy) is 2. The third-order valence-electron chi connectivity index (χ3n) is 2.52. The molecule has 1 rings (SSSR count). The van der Waals surface area contributed by atoms with E-state index < -0.39 is 12.5 Å². The molecular weight excluding hydrogens is 232 g/mol. The molecule has 0 radical (unpaired) electrons. The second kappa shape index (κ2) is 8.72. The lowest BCUT2D eigenvalue weighted by atomic mass is 10.3. The number of nitrogens with one attached hydrogen (secondary N) is 2. The van der Waals surface area contributed by atoms with Crippen LogP contribution in [0.15, 0.2) is 25.3 Å². The highest BCUT2D eigenvalue weighted by Crippen LogP contribution is 2.07. The molecule has 5 nitrogen and oxygen atoms in total. The minimum atomic E-state index is -0.411. The highest BCUT2D eigenvalue weighted by atomic mass is 16.6. The fraction of sp³-hybridized carbons (Fsp3) is 0.615. The summed E-state index contributed by atoms with van der Waals surface area (Å²) in [5.41, 5.74) is 0. The Morgan fingerprint density at radius 1 is 1.00 bits per heavy atom. The molecule has 1 heterocycles. The van der Waals surface area contributed by atoms with Gasteiger partial charge in [-0.1, -0.05) is 12.2 Å². The Bertz CT molecular complexity index is 255. The van der Waals surface area contributed by atoms with Crippen molar-refractivity contribution in [2.45, 2.75) is 38.1 Å². The number of hydrogen-bond acceptors (Lipinski definition) is 3. The average Bonchev–Trinajstić information content (AvgIpc) is 2.71. The minimum Gasteiger partial charge on any atom is -0.354 e. The Labute approximate surface area is 108 Å². The molecule has 0 aliphatic carbocycles. The summed E-state index contributed by atoms with van der Waals surface area (Å²) < 4.78 is 11.1. The molecule has 18 heavy (non-hydrogen) atoms. The topological polar surface area (TPSA) is 59.6 Å². The van der Waals surface area contributed by atoms with Crippen LogP contribution in [-0.2, 0) is 9.47 Å². The molecule has 1 fully saturated rings. The van der Waals surface area contributed by atoms with Crippen LogP contribution in [0.4, 0.5) is 4.79 Å². The summed E-state index contributed by atoms with van der Waals surface area (Å²) in [6, 6.07) is -0.252. The zero-order valence-electron chi connectivity index (χ0n) is 10.7. The minimum absolute atomic E-state index is 0.252. The van der Waals surface area contributed by atoms with E-state index in [-0.39, 0.29) is 6.03 Å². The van der Waals surface area contributed by atoms with Crippen LogP contribution in [0.1, 0.15) is 25.7 Å². The van der Waals surface area contributed by atoms with Gasteiger partial charge < -0.3 is 20.1 Å². The van der Waals surface area contributed by atoms with Crippen LogP contribution in [0, 0.1) is 0 Å². The zero-order chi connectivity index (χ0) is 13.2. The number of unbranched alkanes of at least 4 members (excludes halogenated alkanes) is 2. The number of allylic oxidation sites excluding steroid dienone is 2. The Balaban J connectivity index is 2.22. The largest absolute Gasteiger partial charge is 0.354 e. The van der Waals surface area contributed by atoms with E-state index in [1.165, 1.54) is 0 Å². The number of carbonyl (C=O) groups is 1. The highest BCUT2D eigenvalue weighted by molar-refractivity contribution is 5.76. The maximum Gasteiger partial charge on any atom is 0.319 e. The van der Waals surface area contributed by atoms with Crippen molar-refractivity contribution in [3.05, 3.63) is 25.3 Å². The van der Waals surface area contributed by atoms with E-state index in [1.807, 2.05) is 12.2 Å². The SMILES string of the molecule is C=CCCCO[C@H]1NC(=O)N[C@H]1OCCCC=C. The van der Waals surface area contributed by atoms with Crippen molar-refractivity contribution >= 4 is 6.03 Å². The van der Waals surface area contributed by atoms with Gasteiger partial charge in [0.15, 0.2) is 12.5 Å². The van der Waals surface area contributed by atoms with Gasteiger partial charge in [0.1, 0.15) is 0 Å². The van der Waals surface area contributed by atoms with Crippen LogP contribution < -0.4 is 10.6 Å². The second-order valence-corrected chi connectivity index (χ2v) is 4.06. The number of hydrogen-bond donors (Lipinski definition) is 2. The monoisotopic (exact) mass is 254 g/mol. The van der Waals surface area contributed by atoms with Gasteiger partial charge in [-0.25, -0.2) is 4.79 Å². The van der Waals surface area contributed by atoms with Gasteiger partial charge in [0.05, 0.1) is 0 Å². The third kappa shape index (κ3) is 5.33. The van der Waals surface area contributed by atoms with Gasteiger partial charge in [-0.3, -0.25) is 0 Å². The first kappa shape index (κ1) is 14.7. The van der Waals surface area contributed by atoms with Crippen LogP contribution in [0.2, 0.25) is 0 Å². The lowest BCUT2D eigenvalue weighted by Gasteiger charge is -2.19. The fourth-order valence-corrected chi connectivity index (χ4v) is 1.59. The standard InChI is InChI=1S/C13H22N2O3/c1-3-5-7-9-17-11-12(15-13(16)14-11)18-10-8-6-4-2/h3-4,11-12H,1-2,5-10H2,(H2,14,15,16)/t11-,12+. The first-order valence-electron chi connectivity index (χ1n) is 6.30. The molecule has 1 aliphatic heterocycles. The van der Waals surface area contributed by atoms with Gasteiger partial charge in [-0.15, -0.1) is 13.2 Å². The number of amides is 2. The van der Waals surface area contributed by atoms with Crippen molar-refractivity contribution in [1.29, 1.82) is 0 Å². The van der Waals surface area contributed by atoms with Crippen LogP contribution in [0.5, 0.6) is 0 Å². The Morgan fingerprint density at radius 2 is 1.44 bits per heavy atom. The molecular formula is C13H22N2O3. The smallest absolute Gasteiger partial charge is 0.319 e. The second-order valence-electron chi connectivity index (χ2n) is 4.06. The summed E-state index contributed by atoms with van der Waals surface area (Å²) in [6.07, 6.45) is 6.45. The molecule has 1 saturated heterocycles. The predicted molar refractivity (Wildman–Crippen MR) is 70.0 cm³/mol. The highest BCUT2D eigenvalue weighted by Gasteiger charge is 2.32. The Kier molecular flexibility index (Phi) is 7.13. The third-order valence-corrected chi connectivity index (χ3v) is 2.52. The van der Waals surface area contributed by atoms with E-state index >= 15 is 0 Å². The number of rotatable bonds is 10. The van der Waals surface area contributed by atoms with Gasteiger partial charge in [0.25, 0.3) is 0 Å². The molecule has 0 bridgehead atoms. The quantitative estimate of drug-likeness (QED) is 0.462. The molecule has 0 spiro atoms. The molecule has 2 atom stereocenters. The van der Waals surface area contributed by atoms with Crippen LogP contribution in [-0.4, -0.2) is 31.7 Å². The summed E-state index contributed by atoms with van der Waals surface area (Å²) in [5, 5.41) is 5.36. The molecule has 0 unspecified atom stereocenters. The lowest BCUT2D eigenvalue weighted by Crippen LogP contribution is -2.38. The van der Waals surface area contributed by atoms with Crippen LogP contribution >= 0.6 is 0 Å². The summed E-state index contributed by atoms with van der Waals surface area (Å²) >= 11 is 0. The van der Waals surface area contributed by atoms with Crippen LogP contribution in [0.25, 0.3) is 0 Å². The fourth-order valence-electron chi connectivity index (χ4n) is 1.59. The Hall–Kier alpha value is -1.33. The van der Waals surface area contributed by atoms with Crippen molar-refractivity contribution in [2.75, 3.05) is 13.2 Å². The molecule has 5 heteroatoms. The normalized spacial score (nSPS) is 22.3. The molecule has 0 aromatic carbocycles. The molecule has 0 aromatic heterocycles. The van der Waals surface area contributed by atoms with Crippen LogP contribution in [0.3, 0.4) is 0 Å². The zero-order valence-corrected chi connectivity index (χ0v) is 10.7. The van der Waals surface area contributed by atoms with E-state index in [4.69, 9.17) is 9.47 Å². The van der Waals surface area contributed by atoms with Gasteiger partial charge >= 0.3 is 6.03 Å². The lowest BCUT2D eigenvalue weighted by molar-refractivity contribution is -0.0732. The van der Waals surface area contributed by atoms with Crippen molar-refractivity contribution in [2.24, 2.45) is 0 Å². The molecule has 0 saturated carbocycles. The van der Waals surface area contributed by atoms with Gasteiger partial charge in [0.2, 0.25) is 0 Å². The first-order chi connectivity index (χ1) is 8.77. The van der Waals surface area contributed by atoms with E-state index in [0.717, 1.165) is 25.7 Å². The van der Waals surface area contributed by atoms with Crippen molar-refractivity contribution in [3.8, 4) is 0 Å². The molecule has 2 amide bonds. The molecule has 0 aromatic rings. The van der Waals surface area contributed by atoms with E-state index in [1.54, 1.807) is 0 Å². The predicted octanol–water partition coefficient (Wildman–Crippen LogP) is 1.92. The summed E-state index contributed by atoms with van der Waals surface area (Å²) in [6.45, 7) is 8.44. The van der Waals surface area contributed by atoms with Crippen molar-refractivity contribution in [3.63, 3.8) is 0 Å². The van der Waals surface area contributed by atoms with E-state index in [9.17, 15) is 4.79 Å². The Morgan fingerprint density at radius 3 is 1.83 bits per heavy atom.